The molecule has 0 heterocycles. The molecule has 0 saturated heterocycles. The van der Waals surface area contributed by atoms with Gasteiger partial charge in [0.25, 0.3) is 5.69 Å². The lowest BCUT2D eigenvalue weighted by atomic mass is 10.2. The first-order valence-electron chi connectivity index (χ1n) is 4.74. The van der Waals surface area contributed by atoms with E-state index in [1.54, 1.807) is 0 Å². The van der Waals surface area contributed by atoms with Gasteiger partial charge in [0.2, 0.25) is 0 Å². The Morgan fingerprint density at radius 2 is 1.89 bits per heavy atom. The van der Waals surface area contributed by atoms with Crippen LogP contribution in [0.15, 0.2) is 23.1 Å². The van der Waals surface area contributed by atoms with E-state index in [4.69, 9.17) is 11.6 Å². The van der Waals surface area contributed by atoms with E-state index in [1.165, 1.54) is 0 Å². The third-order valence-corrected chi connectivity index (χ3v) is 4.34. The summed E-state index contributed by atoms with van der Waals surface area (Å²) in [5.41, 5.74) is -2.40. The summed E-state index contributed by atoms with van der Waals surface area (Å²) in [5.74, 6) is -1.06. The van der Waals surface area contributed by atoms with Crippen molar-refractivity contribution in [3.05, 3.63) is 33.9 Å². The fourth-order valence-corrected chi connectivity index (χ4v) is 3.15. The molecule has 0 aliphatic carbocycles. The predicted molar refractivity (Wildman–Crippen MR) is 60.9 cm³/mol. The van der Waals surface area contributed by atoms with Gasteiger partial charge < -0.3 is 0 Å². The number of halogens is 4. The van der Waals surface area contributed by atoms with E-state index in [0.717, 1.165) is 0 Å². The highest BCUT2D eigenvalue weighted by Gasteiger charge is 2.38. The summed E-state index contributed by atoms with van der Waals surface area (Å²) in [5, 5.41) is 10.4. The molecular weight excluding hydrogens is 311 g/mol. The molecule has 1 aromatic carbocycles. The molecule has 0 aliphatic heterocycles. The maximum Gasteiger partial charge on any atom is 0.417 e. The van der Waals surface area contributed by atoms with Crippen molar-refractivity contribution in [2.45, 2.75) is 11.1 Å². The van der Waals surface area contributed by atoms with E-state index in [9.17, 15) is 31.7 Å². The van der Waals surface area contributed by atoms with Crippen LogP contribution in [0.25, 0.3) is 0 Å². The van der Waals surface area contributed by atoms with Gasteiger partial charge in [-0.2, -0.15) is 13.2 Å². The number of rotatable bonds is 4. The topological polar surface area (TPSA) is 77.3 Å². The number of alkyl halides is 4. The first-order valence-corrected chi connectivity index (χ1v) is 6.92. The first kappa shape index (κ1) is 15.7. The van der Waals surface area contributed by atoms with Gasteiger partial charge in [0.1, 0.15) is 0 Å². The normalized spacial score (nSPS) is 12.4. The number of hydrogen-bond donors (Lipinski definition) is 0. The van der Waals surface area contributed by atoms with E-state index in [-0.39, 0.29) is 11.9 Å². The van der Waals surface area contributed by atoms with E-state index in [0.29, 0.717) is 12.1 Å². The Balaban J connectivity index is 3.54. The second kappa shape index (κ2) is 5.33. The van der Waals surface area contributed by atoms with Crippen LogP contribution in [0, 0.1) is 10.1 Å². The molecule has 0 N–H and O–H groups in total. The summed E-state index contributed by atoms with van der Waals surface area (Å²) < 4.78 is 61.5. The number of hydrogen-bond acceptors (Lipinski definition) is 4. The zero-order valence-electron chi connectivity index (χ0n) is 9.15. The standard InChI is InChI=1S/C9H7ClF3NO4S/c10-3-4-19(17,18)8-2-1-6(14(15)16)5-7(8)9(11,12)13/h1-2,5H,3-4H2. The Bertz CT molecular complexity index is 600. The average molecular weight is 318 g/mol. The molecule has 0 radical (unpaired) electrons. The highest BCUT2D eigenvalue weighted by molar-refractivity contribution is 7.91. The highest BCUT2D eigenvalue weighted by atomic mass is 35.5. The third-order valence-electron chi connectivity index (χ3n) is 2.16. The van der Waals surface area contributed by atoms with Crippen LogP contribution in [0.3, 0.4) is 0 Å². The fourth-order valence-electron chi connectivity index (χ4n) is 1.34. The molecule has 19 heavy (non-hydrogen) atoms. The fraction of sp³-hybridized carbons (Fsp3) is 0.333. The molecule has 1 rings (SSSR count). The summed E-state index contributed by atoms with van der Waals surface area (Å²) in [6.45, 7) is 0. The number of benzene rings is 1. The van der Waals surface area contributed by atoms with Crippen molar-refractivity contribution in [3.63, 3.8) is 0 Å². The molecule has 0 fully saturated rings. The Hall–Kier alpha value is -1.35. The summed E-state index contributed by atoms with van der Waals surface area (Å²) in [6.07, 6.45) is -5.01. The maximum atomic E-state index is 12.7. The van der Waals surface area contributed by atoms with Crippen LogP contribution < -0.4 is 0 Å². The number of nitro benzene ring substituents is 1. The second-order valence-electron chi connectivity index (χ2n) is 3.44. The quantitative estimate of drug-likeness (QED) is 0.486. The Labute approximate surface area is 111 Å². The Morgan fingerprint density at radius 1 is 1.32 bits per heavy atom. The van der Waals surface area contributed by atoms with E-state index < -0.39 is 42.8 Å². The number of nitro groups is 1. The van der Waals surface area contributed by atoms with Crippen molar-refractivity contribution in [1.29, 1.82) is 0 Å². The van der Waals surface area contributed by atoms with E-state index >= 15 is 0 Å². The van der Waals surface area contributed by atoms with Crippen molar-refractivity contribution >= 4 is 27.1 Å². The molecule has 0 unspecified atom stereocenters. The molecule has 5 nitrogen and oxygen atoms in total. The van der Waals surface area contributed by atoms with Crippen LogP contribution >= 0.6 is 11.6 Å². The highest BCUT2D eigenvalue weighted by Crippen LogP contribution is 2.36. The minimum atomic E-state index is -5.01. The van der Waals surface area contributed by atoms with Crippen LogP contribution in [0.4, 0.5) is 18.9 Å². The number of sulfone groups is 1. The molecule has 1 aromatic rings. The van der Waals surface area contributed by atoms with Crippen LogP contribution in [0.2, 0.25) is 0 Å². The number of non-ortho nitro benzene ring substituents is 1. The van der Waals surface area contributed by atoms with Crippen molar-refractivity contribution in [2.24, 2.45) is 0 Å². The lowest BCUT2D eigenvalue weighted by molar-refractivity contribution is -0.385. The predicted octanol–water partition coefficient (Wildman–Crippen LogP) is 2.63. The van der Waals surface area contributed by atoms with Gasteiger partial charge >= 0.3 is 6.18 Å². The van der Waals surface area contributed by atoms with Crippen LogP contribution in [0.1, 0.15) is 5.56 Å². The summed E-state index contributed by atoms with van der Waals surface area (Å²) >= 11 is 5.22. The molecule has 0 saturated carbocycles. The Morgan fingerprint density at radius 3 is 2.32 bits per heavy atom. The summed E-state index contributed by atoms with van der Waals surface area (Å²) in [6, 6.07) is 1.47. The maximum absolute atomic E-state index is 12.7. The van der Waals surface area contributed by atoms with Gasteiger partial charge in [-0.15, -0.1) is 11.6 Å². The van der Waals surface area contributed by atoms with Crippen molar-refractivity contribution in [2.75, 3.05) is 11.6 Å². The second-order valence-corrected chi connectivity index (χ2v) is 5.90. The van der Waals surface area contributed by atoms with Crippen LogP contribution in [-0.2, 0) is 16.0 Å². The molecule has 0 amide bonds. The van der Waals surface area contributed by atoms with Crippen molar-refractivity contribution in [3.8, 4) is 0 Å². The smallest absolute Gasteiger partial charge is 0.258 e. The zero-order valence-corrected chi connectivity index (χ0v) is 10.7. The molecule has 106 valence electrons. The average Bonchev–Trinajstić information content (AvgIpc) is 2.26. The van der Waals surface area contributed by atoms with Gasteiger partial charge in [0.05, 0.1) is 21.1 Å². The van der Waals surface area contributed by atoms with Crippen molar-refractivity contribution in [1.82, 2.24) is 0 Å². The van der Waals surface area contributed by atoms with Crippen LogP contribution in [0.5, 0.6) is 0 Å². The molecular formula is C9H7ClF3NO4S. The van der Waals surface area contributed by atoms with Gasteiger partial charge in [-0.05, 0) is 6.07 Å². The lowest BCUT2D eigenvalue weighted by Crippen LogP contribution is -2.16. The summed E-state index contributed by atoms with van der Waals surface area (Å²) in [7, 11) is -4.24. The van der Waals surface area contributed by atoms with Gasteiger partial charge in [0, 0.05) is 18.0 Å². The molecule has 0 aliphatic rings. The van der Waals surface area contributed by atoms with Gasteiger partial charge in [-0.3, -0.25) is 10.1 Å². The molecule has 0 bridgehead atoms. The summed E-state index contributed by atoms with van der Waals surface area (Å²) in [4.78, 5) is 8.39. The largest absolute Gasteiger partial charge is 0.417 e. The Kier molecular flexibility index (Phi) is 4.41. The number of nitrogens with zero attached hydrogens (tertiary/aromatic N) is 1. The van der Waals surface area contributed by atoms with Gasteiger partial charge in [-0.25, -0.2) is 8.42 Å². The third kappa shape index (κ3) is 3.57. The minimum Gasteiger partial charge on any atom is -0.258 e. The van der Waals surface area contributed by atoms with Gasteiger partial charge in [-0.1, -0.05) is 0 Å². The SMILES string of the molecule is O=[N+]([O-])c1ccc(S(=O)(=O)CCCl)c(C(F)(F)F)c1. The van der Waals surface area contributed by atoms with Gasteiger partial charge in [0.15, 0.2) is 9.84 Å². The lowest BCUT2D eigenvalue weighted by Gasteiger charge is -2.12. The molecule has 0 atom stereocenters. The first-order chi connectivity index (χ1) is 8.59. The minimum absolute atomic E-state index is 0.196. The zero-order chi connectivity index (χ0) is 14.8. The van der Waals surface area contributed by atoms with E-state index in [2.05, 4.69) is 0 Å². The molecule has 0 aromatic heterocycles. The van der Waals surface area contributed by atoms with Crippen molar-refractivity contribution < 1.29 is 26.5 Å². The molecule has 0 spiro atoms. The molecule has 10 heteroatoms. The van der Waals surface area contributed by atoms with E-state index in [1.807, 2.05) is 0 Å². The monoisotopic (exact) mass is 317 g/mol. The van der Waals surface area contributed by atoms with Crippen LogP contribution in [-0.4, -0.2) is 25.0 Å².